The van der Waals surface area contributed by atoms with Crippen LogP contribution in [0.25, 0.3) is 0 Å². The van der Waals surface area contributed by atoms with Gasteiger partial charge in [-0.25, -0.2) is 4.79 Å². The molecule has 1 aliphatic carbocycles. The first kappa shape index (κ1) is 21.5. The van der Waals surface area contributed by atoms with Gasteiger partial charge in [0.1, 0.15) is 17.8 Å². The number of halogens is 1. The molecule has 1 rings (SSSR count). The maximum atomic E-state index is 11.9. The molecule has 7 nitrogen and oxygen atoms in total. The molecule has 0 amide bonds. The van der Waals surface area contributed by atoms with E-state index < -0.39 is 35.9 Å². The number of ether oxygens (including phenoxy) is 4. The number of hydrogen-bond donors (Lipinski definition) is 0. The molecular formula is C17H27ClO7. The highest BCUT2D eigenvalue weighted by Crippen LogP contribution is 2.26. The standard InChI is InChI=1S/C17H27ClO7/c1-4-10-17(2,3)25-15(20)9-8-14(19)23-12-6-5-7-13(12)24-16(21)22-11-18/h12-13H,4-11H2,1-3H3/t12-,13-/m0/s1. The van der Waals surface area contributed by atoms with Gasteiger partial charge >= 0.3 is 18.1 Å². The summed E-state index contributed by atoms with van der Waals surface area (Å²) in [6.07, 6.45) is 1.53. The van der Waals surface area contributed by atoms with Gasteiger partial charge in [0.25, 0.3) is 0 Å². The van der Waals surface area contributed by atoms with Crippen LogP contribution in [0.5, 0.6) is 0 Å². The van der Waals surface area contributed by atoms with Crippen LogP contribution in [0.4, 0.5) is 4.79 Å². The molecule has 144 valence electrons. The number of esters is 2. The number of hydrogen-bond acceptors (Lipinski definition) is 7. The van der Waals surface area contributed by atoms with E-state index in [1.807, 2.05) is 20.8 Å². The molecule has 0 heterocycles. The van der Waals surface area contributed by atoms with Crippen LogP contribution in [0.2, 0.25) is 0 Å². The van der Waals surface area contributed by atoms with E-state index >= 15 is 0 Å². The second kappa shape index (κ2) is 10.5. The Hall–Kier alpha value is -1.50. The minimum absolute atomic E-state index is 0.0431. The van der Waals surface area contributed by atoms with E-state index in [9.17, 15) is 14.4 Å². The second-order valence-electron chi connectivity index (χ2n) is 6.60. The van der Waals surface area contributed by atoms with Gasteiger partial charge in [-0.1, -0.05) is 24.9 Å². The summed E-state index contributed by atoms with van der Waals surface area (Å²) in [4.78, 5) is 35.1. The predicted molar refractivity (Wildman–Crippen MR) is 90.1 cm³/mol. The minimum Gasteiger partial charge on any atom is -0.460 e. The summed E-state index contributed by atoms with van der Waals surface area (Å²) in [5.41, 5.74) is -0.539. The molecule has 0 aromatic carbocycles. The first-order chi connectivity index (χ1) is 11.8. The molecule has 8 heteroatoms. The maximum absolute atomic E-state index is 11.9. The fourth-order valence-corrected chi connectivity index (χ4v) is 2.90. The first-order valence-electron chi connectivity index (χ1n) is 8.58. The van der Waals surface area contributed by atoms with Crippen molar-refractivity contribution in [2.45, 2.75) is 83.5 Å². The summed E-state index contributed by atoms with van der Waals surface area (Å²) in [7, 11) is 0. The second-order valence-corrected chi connectivity index (χ2v) is 6.82. The third-order valence-corrected chi connectivity index (χ3v) is 3.98. The Bertz CT molecular complexity index is 464. The molecule has 2 atom stereocenters. The Kier molecular flexibility index (Phi) is 9.03. The highest BCUT2D eigenvalue weighted by molar-refractivity contribution is 6.17. The van der Waals surface area contributed by atoms with Gasteiger partial charge < -0.3 is 18.9 Å². The lowest BCUT2D eigenvalue weighted by atomic mass is 10.0. The molecule has 1 saturated carbocycles. The molecule has 0 aromatic heterocycles. The van der Waals surface area contributed by atoms with Crippen molar-refractivity contribution in [1.82, 2.24) is 0 Å². The van der Waals surface area contributed by atoms with E-state index in [1.54, 1.807) is 0 Å². The zero-order valence-electron chi connectivity index (χ0n) is 15.0. The van der Waals surface area contributed by atoms with E-state index in [0.29, 0.717) is 12.8 Å². The fraction of sp³-hybridized carbons (Fsp3) is 0.824. The molecule has 1 fully saturated rings. The van der Waals surface area contributed by atoms with E-state index in [4.69, 9.17) is 25.8 Å². The van der Waals surface area contributed by atoms with Crippen LogP contribution in [0, 0.1) is 0 Å². The Balaban J connectivity index is 2.35. The van der Waals surface area contributed by atoms with E-state index in [0.717, 1.165) is 19.3 Å². The topological polar surface area (TPSA) is 88.1 Å². The summed E-state index contributed by atoms with van der Waals surface area (Å²) in [5, 5.41) is 0. The number of rotatable bonds is 9. The molecule has 0 saturated heterocycles. The third kappa shape index (κ3) is 8.43. The van der Waals surface area contributed by atoms with Crippen LogP contribution in [-0.2, 0) is 28.5 Å². The van der Waals surface area contributed by atoms with Gasteiger partial charge in [0.2, 0.25) is 0 Å². The van der Waals surface area contributed by atoms with Crippen molar-refractivity contribution in [3.05, 3.63) is 0 Å². The van der Waals surface area contributed by atoms with Crippen molar-refractivity contribution < 1.29 is 33.3 Å². The minimum atomic E-state index is -0.885. The molecule has 0 aliphatic heterocycles. The number of carbonyl (C=O) groups excluding carboxylic acids is 3. The zero-order valence-corrected chi connectivity index (χ0v) is 15.8. The van der Waals surface area contributed by atoms with Crippen molar-refractivity contribution >= 4 is 29.7 Å². The smallest absolute Gasteiger partial charge is 0.460 e. The van der Waals surface area contributed by atoms with Crippen molar-refractivity contribution in [3.63, 3.8) is 0 Å². The fourth-order valence-electron chi connectivity index (χ4n) is 2.81. The lowest BCUT2D eigenvalue weighted by molar-refractivity contribution is -0.162. The van der Waals surface area contributed by atoms with Gasteiger partial charge in [0.15, 0.2) is 6.07 Å². The molecule has 0 aromatic rings. The van der Waals surface area contributed by atoms with Crippen LogP contribution in [0.3, 0.4) is 0 Å². The van der Waals surface area contributed by atoms with Gasteiger partial charge in [-0.05, 0) is 39.5 Å². The molecule has 1 aliphatic rings. The Labute approximate surface area is 153 Å². The quantitative estimate of drug-likeness (QED) is 0.343. The van der Waals surface area contributed by atoms with Crippen molar-refractivity contribution in [2.24, 2.45) is 0 Å². The Morgan fingerprint density at radius 1 is 1.04 bits per heavy atom. The average molecular weight is 379 g/mol. The summed E-state index contributed by atoms with van der Waals surface area (Å²) < 4.78 is 20.2. The van der Waals surface area contributed by atoms with E-state index in [1.165, 1.54) is 0 Å². The maximum Gasteiger partial charge on any atom is 0.509 e. The predicted octanol–water partition coefficient (Wildman–Crippen LogP) is 3.70. The van der Waals surface area contributed by atoms with Crippen molar-refractivity contribution in [3.8, 4) is 0 Å². The van der Waals surface area contributed by atoms with Crippen LogP contribution in [0.1, 0.15) is 65.7 Å². The molecule has 25 heavy (non-hydrogen) atoms. The Morgan fingerprint density at radius 2 is 1.64 bits per heavy atom. The third-order valence-electron chi connectivity index (χ3n) is 3.87. The molecule has 0 radical (unpaired) electrons. The first-order valence-corrected chi connectivity index (χ1v) is 9.11. The average Bonchev–Trinajstić information content (AvgIpc) is 2.91. The van der Waals surface area contributed by atoms with Crippen LogP contribution < -0.4 is 0 Å². The highest BCUT2D eigenvalue weighted by atomic mass is 35.5. The van der Waals surface area contributed by atoms with E-state index in [2.05, 4.69) is 4.74 Å². The van der Waals surface area contributed by atoms with Gasteiger partial charge in [-0.2, -0.15) is 0 Å². The molecular weight excluding hydrogens is 352 g/mol. The van der Waals surface area contributed by atoms with Crippen molar-refractivity contribution in [1.29, 1.82) is 0 Å². The lowest BCUT2D eigenvalue weighted by Gasteiger charge is -2.24. The Morgan fingerprint density at radius 3 is 2.24 bits per heavy atom. The SMILES string of the molecule is CCCC(C)(C)OC(=O)CCC(=O)O[C@H]1CCC[C@@H]1OC(=O)OCCl. The van der Waals surface area contributed by atoms with Crippen LogP contribution in [-0.4, -0.2) is 42.0 Å². The van der Waals surface area contributed by atoms with Gasteiger partial charge in [0, 0.05) is 0 Å². The normalized spacial score (nSPS) is 20.0. The molecule has 0 unspecified atom stereocenters. The largest absolute Gasteiger partial charge is 0.509 e. The number of carbonyl (C=O) groups is 3. The summed E-state index contributed by atoms with van der Waals surface area (Å²) in [6, 6.07) is -0.299. The lowest BCUT2D eigenvalue weighted by Crippen LogP contribution is -2.31. The molecule has 0 N–H and O–H groups in total. The van der Waals surface area contributed by atoms with Gasteiger partial charge in [0.05, 0.1) is 12.8 Å². The van der Waals surface area contributed by atoms with Gasteiger partial charge in [-0.15, -0.1) is 0 Å². The molecule has 0 spiro atoms. The van der Waals surface area contributed by atoms with E-state index in [-0.39, 0.29) is 18.9 Å². The van der Waals surface area contributed by atoms with Crippen LogP contribution >= 0.6 is 11.6 Å². The highest BCUT2D eigenvalue weighted by Gasteiger charge is 2.34. The van der Waals surface area contributed by atoms with Crippen LogP contribution in [0.15, 0.2) is 0 Å². The summed E-state index contributed by atoms with van der Waals surface area (Å²) >= 11 is 5.29. The zero-order chi connectivity index (χ0) is 18.9. The summed E-state index contributed by atoms with van der Waals surface area (Å²) in [5.74, 6) is -0.947. The van der Waals surface area contributed by atoms with Gasteiger partial charge in [-0.3, -0.25) is 9.59 Å². The number of alkyl halides is 1. The monoisotopic (exact) mass is 378 g/mol. The molecule has 0 bridgehead atoms. The van der Waals surface area contributed by atoms with Crippen molar-refractivity contribution in [2.75, 3.05) is 6.07 Å². The summed E-state index contributed by atoms with van der Waals surface area (Å²) in [6.45, 7) is 5.69.